The Kier molecular flexibility index (Phi) is 4.52. The van der Waals surface area contributed by atoms with Gasteiger partial charge in [0.25, 0.3) is 5.91 Å². The van der Waals surface area contributed by atoms with Gasteiger partial charge in [-0.05, 0) is 37.9 Å². The van der Waals surface area contributed by atoms with Crippen LogP contribution >= 0.6 is 43.2 Å². The molecule has 0 bridgehead atoms. The minimum atomic E-state index is -0.0974. The van der Waals surface area contributed by atoms with Crippen molar-refractivity contribution < 1.29 is 4.79 Å². The summed E-state index contributed by atoms with van der Waals surface area (Å²) in [6.07, 6.45) is 2.26. The van der Waals surface area contributed by atoms with E-state index in [2.05, 4.69) is 47.3 Å². The zero-order valence-electron chi connectivity index (χ0n) is 9.48. The second-order valence-corrected chi connectivity index (χ2v) is 7.33. The first-order valence-electron chi connectivity index (χ1n) is 5.14. The molecule has 2 aromatic rings. The first-order valence-corrected chi connectivity index (χ1v) is 7.54. The number of aromatic nitrogens is 3. The lowest BCUT2D eigenvalue weighted by molar-refractivity contribution is 0.0953. The monoisotopic (exact) mass is 392 g/mol. The molecule has 0 saturated heterocycles. The number of hydrogen-bond acceptors (Lipinski definition) is 4. The van der Waals surface area contributed by atoms with Crippen LogP contribution in [0.1, 0.15) is 16.2 Å². The Labute approximate surface area is 125 Å². The van der Waals surface area contributed by atoms with Crippen molar-refractivity contribution in [2.45, 2.75) is 6.42 Å². The average molecular weight is 394 g/mol. The van der Waals surface area contributed by atoms with Gasteiger partial charge in [-0.25, -0.2) is 4.98 Å². The second-order valence-electron chi connectivity index (χ2n) is 3.58. The largest absolute Gasteiger partial charge is 0.352 e. The summed E-state index contributed by atoms with van der Waals surface area (Å²) in [5, 5.41) is 6.98. The number of halogens is 2. The summed E-state index contributed by atoms with van der Waals surface area (Å²) in [7, 11) is 1.81. The van der Waals surface area contributed by atoms with Crippen LogP contribution in [0.3, 0.4) is 0 Å². The molecule has 2 rings (SSSR count). The normalized spacial score (nSPS) is 10.6. The van der Waals surface area contributed by atoms with Crippen molar-refractivity contribution in [1.82, 2.24) is 20.1 Å². The zero-order valence-corrected chi connectivity index (χ0v) is 13.5. The summed E-state index contributed by atoms with van der Waals surface area (Å²) in [5.74, 6) is 0.628. The Morgan fingerprint density at radius 3 is 2.89 bits per heavy atom. The number of aryl methyl sites for hydroxylation is 1. The number of thiophene rings is 1. The van der Waals surface area contributed by atoms with Gasteiger partial charge in [0.15, 0.2) is 5.82 Å². The molecular weight excluding hydrogens is 384 g/mol. The maximum Gasteiger partial charge on any atom is 0.253 e. The molecule has 0 aliphatic heterocycles. The van der Waals surface area contributed by atoms with E-state index in [0.717, 1.165) is 13.4 Å². The quantitative estimate of drug-likeness (QED) is 0.867. The Balaban J connectivity index is 1.87. The van der Waals surface area contributed by atoms with E-state index in [0.29, 0.717) is 18.5 Å². The van der Waals surface area contributed by atoms with E-state index >= 15 is 0 Å². The topological polar surface area (TPSA) is 59.8 Å². The van der Waals surface area contributed by atoms with Crippen molar-refractivity contribution in [1.29, 1.82) is 0 Å². The van der Waals surface area contributed by atoms with Crippen molar-refractivity contribution in [2.24, 2.45) is 7.05 Å². The van der Waals surface area contributed by atoms with Crippen LogP contribution in [0.5, 0.6) is 0 Å². The van der Waals surface area contributed by atoms with Gasteiger partial charge in [-0.15, -0.1) is 11.3 Å². The van der Waals surface area contributed by atoms with Gasteiger partial charge in [0.2, 0.25) is 0 Å². The Hall–Kier alpha value is -0.730. The van der Waals surface area contributed by atoms with E-state index in [4.69, 9.17) is 0 Å². The van der Waals surface area contributed by atoms with E-state index in [1.807, 2.05) is 7.05 Å². The summed E-state index contributed by atoms with van der Waals surface area (Å²) >= 11 is 8.18. The van der Waals surface area contributed by atoms with Gasteiger partial charge in [0.05, 0.1) is 13.1 Å². The summed E-state index contributed by atoms with van der Waals surface area (Å²) in [6, 6.07) is 1.79. The van der Waals surface area contributed by atoms with Crippen LogP contribution in [-0.4, -0.2) is 27.2 Å². The molecule has 0 aromatic carbocycles. The molecule has 0 spiro atoms. The maximum atomic E-state index is 11.9. The molecular formula is C10H10Br2N4OS. The smallest absolute Gasteiger partial charge is 0.253 e. The fraction of sp³-hybridized carbons (Fsp3) is 0.300. The van der Waals surface area contributed by atoms with Gasteiger partial charge < -0.3 is 5.32 Å². The summed E-state index contributed by atoms with van der Waals surface area (Å²) in [6.45, 7) is 0.517. The lowest BCUT2D eigenvalue weighted by Crippen LogP contribution is -2.25. The van der Waals surface area contributed by atoms with Gasteiger partial charge in [0, 0.05) is 20.0 Å². The lowest BCUT2D eigenvalue weighted by Gasteiger charge is -2.02. The number of hydrogen-bond donors (Lipinski definition) is 1. The highest BCUT2D eigenvalue weighted by molar-refractivity contribution is 9.12. The van der Waals surface area contributed by atoms with Gasteiger partial charge in [0.1, 0.15) is 6.33 Å². The molecule has 8 heteroatoms. The molecule has 5 nitrogen and oxygen atoms in total. The highest BCUT2D eigenvalue weighted by atomic mass is 79.9. The summed E-state index contributed by atoms with van der Waals surface area (Å²) < 4.78 is 3.39. The second kappa shape index (κ2) is 5.94. The third-order valence-corrected chi connectivity index (χ3v) is 4.52. The van der Waals surface area contributed by atoms with Gasteiger partial charge in [-0.3, -0.25) is 9.48 Å². The number of carbonyl (C=O) groups is 1. The summed E-state index contributed by atoms with van der Waals surface area (Å²) in [5.41, 5.74) is 0.640. The Bertz CT molecular complexity index is 566. The van der Waals surface area contributed by atoms with E-state index < -0.39 is 0 Å². The fourth-order valence-corrected chi connectivity index (χ4v) is 4.17. The molecule has 0 radical (unpaired) electrons. The molecule has 0 saturated carbocycles. The molecule has 0 atom stereocenters. The van der Waals surface area contributed by atoms with Crippen molar-refractivity contribution in [3.05, 3.63) is 31.4 Å². The predicted molar refractivity (Wildman–Crippen MR) is 76.8 cm³/mol. The van der Waals surface area contributed by atoms with E-state index in [-0.39, 0.29) is 5.91 Å². The van der Waals surface area contributed by atoms with Gasteiger partial charge in [-0.1, -0.05) is 0 Å². The molecule has 0 unspecified atom stereocenters. The first kappa shape index (κ1) is 13.7. The molecule has 2 aromatic heterocycles. The molecule has 0 fully saturated rings. The molecule has 18 heavy (non-hydrogen) atoms. The van der Waals surface area contributed by atoms with Crippen molar-refractivity contribution in [3.8, 4) is 0 Å². The highest BCUT2D eigenvalue weighted by Gasteiger charge is 2.13. The van der Waals surface area contributed by atoms with Crippen LogP contribution in [-0.2, 0) is 13.5 Å². The first-order chi connectivity index (χ1) is 8.56. The van der Waals surface area contributed by atoms with Crippen LogP contribution in [0.4, 0.5) is 0 Å². The SMILES string of the molecule is Cn1cnc(CCNC(=O)c2cc(Br)sc2Br)n1. The number of nitrogens with zero attached hydrogens (tertiary/aromatic N) is 3. The zero-order chi connectivity index (χ0) is 13.1. The number of nitrogens with one attached hydrogen (secondary N) is 1. The van der Waals surface area contributed by atoms with Gasteiger partial charge >= 0.3 is 0 Å². The van der Waals surface area contributed by atoms with Crippen LogP contribution in [0, 0.1) is 0 Å². The Morgan fingerprint density at radius 2 is 2.33 bits per heavy atom. The molecule has 1 N–H and O–H groups in total. The molecule has 96 valence electrons. The molecule has 2 heterocycles. The van der Waals surface area contributed by atoms with Gasteiger partial charge in [-0.2, -0.15) is 5.10 Å². The van der Waals surface area contributed by atoms with E-state index in [1.165, 1.54) is 11.3 Å². The average Bonchev–Trinajstić information content (AvgIpc) is 2.85. The molecule has 0 aliphatic carbocycles. The fourth-order valence-electron chi connectivity index (χ4n) is 1.38. The highest BCUT2D eigenvalue weighted by Crippen LogP contribution is 2.31. The Morgan fingerprint density at radius 1 is 1.56 bits per heavy atom. The minimum Gasteiger partial charge on any atom is -0.352 e. The van der Waals surface area contributed by atoms with E-state index in [1.54, 1.807) is 17.1 Å². The third-order valence-electron chi connectivity index (χ3n) is 2.18. The predicted octanol–water partition coefficient (Wildman–Crippen LogP) is 2.37. The van der Waals surface area contributed by atoms with Crippen LogP contribution in [0.2, 0.25) is 0 Å². The lowest BCUT2D eigenvalue weighted by atomic mass is 10.3. The van der Waals surface area contributed by atoms with Crippen LogP contribution in [0.15, 0.2) is 20.0 Å². The van der Waals surface area contributed by atoms with Crippen LogP contribution < -0.4 is 5.32 Å². The number of rotatable bonds is 4. The minimum absolute atomic E-state index is 0.0974. The summed E-state index contributed by atoms with van der Waals surface area (Å²) in [4.78, 5) is 16.0. The number of amides is 1. The van der Waals surface area contributed by atoms with Crippen LogP contribution in [0.25, 0.3) is 0 Å². The van der Waals surface area contributed by atoms with Crippen molar-refractivity contribution >= 4 is 49.1 Å². The molecule has 0 aliphatic rings. The molecule has 1 amide bonds. The maximum absolute atomic E-state index is 11.9. The van der Waals surface area contributed by atoms with E-state index in [9.17, 15) is 4.79 Å². The number of carbonyl (C=O) groups excluding carboxylic acids is 1. The van der Waals surface area contributed by atoms with Crippen molar-refractivity contribution in [2.75, 3.05) is 6.54 Å². The third kappa shape index (κ3) is 3.39. The van der Waals surface area contributed by atoms with Crippen molar-refractivity contribution in [3.63, 3.8) is 0 Å². The standard InChI is InChI=1S/C10H10Br2N4OS/c1-16-5-14-8(15-16)2-3-13-10(17)6-4-7(11)18-9(6)12/h4-5H,2-3H2,1H3,(H,13,17).